The molecule has 1 aliphatic heterocycles. The Kier molecular flexibility index (Phi) is 6.77. The average Bonchev–Trinajstić information content (AvgIpc) is 3.66. The maximum Gasteiger partial charge on any atom is 0.267 e. The normalized spacial score (nSPS) is 17.3. The van der Waals surface area contributed by atoms with E-state index in [-0.39, 0.29) is 24.9 Å². The molecule has 1 N–H and O–H groups in total. The summed E-state index contributed by atoms with van der Waals surface area (Å²) in [5.74, 6) is -0.879. The van der Waals surface area contributed by atoms with Crippen molar-refractivity contribution < 1.29 is 23.8 Å². The van der Waals surface area contributed by atoms with Crippen molar-refractivity contribution in [3.8, 4) is 5.75 Å². The van der Waals surface area contributed by atoms with Gasteiger partial charge in [0.15, 0.2) is 0 Å². The van der Waals surface area contributed by atoms with E-state index in [4.69, 9.17) is 4.74 Å². The third-order valence-corrected chi connectivity index (χ3v) is 7.14. The second-order valence-corrected chi connectivity index (χ2v) is 11.3. The van der Waals surface area contributed by atoms with E-state index in [1.807, 2.05) is 35.2 Å². The summed E-state index contributed by atoms with van der Waals surface area (Å²) < 4.78 is 45.5. The van der Waals surface area contributed by atoms with Crippen molar-refractivity contribution in [3.05, 3.63) is 95.1 Å². The zero-order valence-electron chi connectivity index (χ0n) is 19.9. The topological polar surface area (TPSA) is 88.6 Å². The molecule has 1 amide bonds. The van der Waals surface area contributed by atoms with Crippen molar-refractivity contribution in [3.63, 3.8) is 0 Å². The van der Waals surface area contributed by atoms with Crippen LogP contribution in [0.1, 0.15) is 53.3 Å². The summed E-state index contributed by atoms with van der Waals surface area (Å²) in [5.41, 5.74) is 2.80. The van der Waals surface area contributed by atoms with E-state index in [0.29, 0.717) is 12.4 Å². The SMILES string of the molecule is CS(=O)(=O)NC(=O)c1cc(C2CC2)c(OCC2CN([C@H](c3ccccc3)c3cccnc3)C2)cc1F.[HH]. The van der Waals surface area contributed by atoms with E-state index in [1.165, 1.54) is 17.7 Å². The van der Waals surface area contributed by atoms with Crippen LogP contribution in [0, 0.1) is 11.7 Å². The van der Waals surface area contributed by atoms with E-state index in [1.54, 1.807) is 6.20 Å². The second kappa shape index (κ2) is 9.99. The van der Waals surface area contributed by atoms with Gasteiger partial charge in [-0.2, -0.15) is 0 Å². The molecule has 2 aliphatic rings. The molecular weight excluding hydrogens is 481 g/mol. The number of nitrogens with one attached hydrogen (secondary N) is 1. The smallest absolute Gasteiger partial charge is 0.267 e. The lowest BCUT2D eigenvalue weighted by Gasteiger charge is -2.44. The van der Waals surface area contributed by atoms with Crippen LogP contribution in [0.4, 0.5) is 4.39 Å². The number of ether oxygens (including phenoxy) is 1. The van der Waals surface area contributed by atoms with E-state index >= 15 is 0 Å². The van der Waals surface area contributed by atoms with Crippen LogP contribution in [-0.2, 0) is 10.0 Å². The Balaban J connectivity index is 0.00000320. The van der Waals surface area contributed by atoms with Crippen molar-refractivity contribution in [2.24, 2.45) is 5.92 Å². The first-order chi connectivity index (χ1) is 17.3. The zero-order chi connectivity index (χ0) is 25.3. The molecule has 0 radical (unpaired) electrons. The largest absolute Gasteiger partial charge is 0.493 e. The highest BCUT2D eigenvalue weighted by Gasteiger charge is 2.35. The molecule has 3 aromatic rings. The summed E-state index contributed by atoms with van der Waals surface area (Å²) in [7, 11) is -3.79. The van der Waals surface area contributed by atoms with Gasteiger partial charge in [-0.15, -0.1) is 0 Å². The molecule has 0 bridgehead atoms. The number of pyridine rings is 1. The standard InChI is InChI=1S/C27H28FN3O4S.H2/c1-36(33,34)30-27(32)23-12-22(19-9-10-19)25(13-24(23)28)35-17-18-15-31(16-18)26(20-6-3-2-4-7-20)21-8-5-11-29-14-21;/h2-8,11-14,18-19,26H,9-10,15-17H2,1H3,(H,30,32);1H/t26-;/m1./s1. The lowest BCUT2D eigenvalue weighted by Crippen LogP contribution is -2.51. The van der Waals surface area contributed by atoms with Crippen molar-refractivity contribution in [1.29, 1.82) is 0 Å². The molecule has 2 heterocycles. The number of hydrogen-bond acceptors (Lipinski definition) is 6. The Morgan fingerprint density at radius 1 is 1.17 bits per heavy atom. The number of benzene rings is 2. The first-order valence-electron chi connectivity index (χ1n) is 12.0. The third-order valence-electron chi connectivity index (χ3n) is 6.58. The molecule has 1 saturated carbocycles. The molecule has 0 unspecified atom stereocenters. The quantitative estimate of drug-likeness (QED) is 0.465. The van der Waals surface area contributed by atoms with Gasteiger partial charge in [-0.1, -0.05) is 36.4 Å². The fraction of sp³-hybridized carbons (Fsp3) is 0.333. The molecule has 7 nitrogen and oxygen atoms in total. The van der Waals surface area contributed by atoms with E-state index < -0.39 is 21.7 Å². The second-order valence-electron chi connectivity index (χ2n) is 9.58. The van der Waals surface area contributed by atoms with Crippen LogP contribution in [0.5, 0.6) is 5.75 Å². The summed E-state index contributed by atoms with van der Waals surface area (Å²) in [6.45, 7) is 2.08. The molecule has 36 heavy (non-hydrogen) atoms. The number of nitrogens with zero attached hydrogens (tertiary/aromatic N) is 2. The Hall–Kier alpha value is -3.30. The minimum Gasteiger partial charge on any atom is -0.493 e. The molecule has 1 aromatic heterocycles. The van der Waals surface area contributed by atoms with Gasteiger partial charge in [-0.25, -0.2) is 17.5 Å². The number of sulfonamides is 1. The number of amides is 1. The van der Waals surface area contributed by atoms with Crippen LogP contribution in [0.2, 0.25) is 0 Å². The van der Waals surface area contributed by atoms with Crippen LogP contribution in [-0.4, -0.2) is 50.2 Å². The maximum atomic E-state index is 14.8. The molecular formula is C27H30FN3O4S. The van der Waals surface area contributed by atoms with Crippen molar-refractivity contribution in [2.75, 3.05) is 26.0 Å². The molecule has 0 spiro atoms. The van der Waals surface area contributed by atoms with Gasteiger partial charge in [0.1, 0.15) is 11.6 Å². The van der Waals surface area contributed by atoms with Crippen LogP contribution < -0.4 is 9.46 Å². The fourth-order valence-corrected chi connectivity index (χ4v) is 5.18. The predicted octanol–water partition coefficient (Wildman–Crippen LogP) is 4.13. The zero-order valence-corrected chi connectivity index (χ0v) is 20.7. The van der Waals surface area contributed by atoms with Gasteiger partial charge in [-0.05, 0) is 47.6 Å². The van der Waals surface area contributed by atoms with Gasteiger partial charge >= 0.3 is 0 Å². The fourth-order valence-electron chi connectivity index (χ4n) is 4.73. The maximum absolute atomic E-state index is 14.8. The average molecular weight is 512 g/mol. The number of hydrogen-bond donors (Lipinski definition) is 1. The number of rotatable bonds is 9. The Labute approximate surface area is 211 Å². The monoisotopic (exact) mass is 511 g/mol. The third kappa shape index (κ3) is 5.57. The highest BCUT2D eigenvalue weighted by Crippen LogP contribution is 2.45. The van der Waals surface area contributed by atoms with Crippen LogP contribution >= 0.6 is 0 Å². The molecule has 1 saturated heterocycles. The van der Waals surface area contributed by atoms with Crippen LogP contribution in [0.25, 0.3) is 0 Å². The predicted molar refractivity (Wildman–Crippen MR) is 136 cm³/mol. The number of carbonyl (C=O) groups is 1. The first-order valence-corrected chi connectivity index (χ1v) is 13.8. The van der Waals surface area contributed by atoms with Gasteiger partial charge in [-0.3, -0.25) is 14.7 Å². The van der Waals surface area contributed by atoms with E-state index in [2.05, 4.69) is 28.1 Å². The molecule has 9 heteroatoms. The molecule has 1 aliphatic carbocycles. The Morgan fingerprint density at radius 3 is 2.53 bits per heavy atom. The summed E-state index contributed by atoms with van der Waals surface area (Å²) in [4.78, 5) is 18.9. The van der Waals surface area contributed by atoms with Gasteiger partial charge in [0.25, 0.3) is 5.91 Å². The molecule has 2 aromatic carbocycles. The lowest BCUT2D eigenvalue weighted by atomic mass is 9.91. The van der Waals surface area contributed by atoms with E-state index in [9.17, 15) is 17.6 Å². The van der Waals surface area contributed by atoms with Crippen molar-refractivity contribution in [2.45, 2.75) is 24.8 Å². The number of aromatic nitrogens is 1. The van der Waals surface area contributed by atoms with Gasteiger partial charge in [0.05, 0.1) is 24.5 Å². The minimum atomic E-state index is -3.79. The summed E-state index contributed by atoms with van der Waals surface area (Å²) in [6.07, 6.45) is 6.38. The van der Waals surface area contributed by atoms with Crippen molar-refractivity contribution >= 4 is 15.9 Å². The van der Waals surface area contributed by atoms with Crippen LogP contribution in [0.3, 0.4) is 0 Å². The molecule has 2 fully saturated rings. The summed E-state index contributed by atoms with van der Waals surface area (Å²) in [5, 5.41) is 0. The van der Waals surface area contributed by atoms with Crippen LogP contribution in [0.15, 0.2) is 67.0 Å². The summed E-state index contributed by atoms with van der Waals surface area (Å²) in [6, 6.07) is 17.1. The van der Waals surface area contributed by atoms with Gasteiger partial charge in [0.2, 0.25) is 10.0 Å². The minimum absolute atomic E-state index is 0. The number of halogens is 1. The Morgan fingerprint density at radius 2 is 1.89 bits per heavy atom. The Bertz CT molecular complexity index is 1310. The molecule has 190 valence electrons. The molecule has 1 atom stereocenters. The molecule has 5 rings (SSSR count). The van der Waals surface area contributed by atoms with Gasteiger partial charge in [0, 0.05) is 38.9 Å². The summed E-state index contributed by atoms with van der Waals surface area (Å²) >= 11 is 0. The van der Waals surface area contributed by atoms with E-state index in [0.717, 1.165) is 43.3 Å². The number of carbonyl (C=O) groups excluding carboxylic acids is 1. The number of likely N-dealkylation sites (tertiary alicyclic amines) is 1. The first kappa shape index (κ1) is 24.4. The highest BCUT2D eigenvalue weighted by molar-refractivity contribution is 7.89. The highest BCUT2D eigenvalue weighted by atomic mass is 32.2. The lowest BCUT2D eigenvalue weighted by molar-refractivity contribution is 0.0374. The van der Waals surface area contributed by atoms with Gasteiger partial charge < -0.3 is 4.74 Å². The van der Waals surface area contributed by atoms with Crippen molar-refractivity contribution in [1.82, 2.24) is 14.6 Å².